The molecule has 2 aromatic rings. The van der Waals surface area contributed by atoms with Gasteiger partial charge in [0.15, 0.2) is 0 Å². The van der Waals surface area contributed by atoms with Crippen LogP contribution in [0.15, 0.2) is 24.4 Å². The first kappa shape index (κ1) is 8.44. The fourth-order valence-electron chi connectivity index (χ4n) is 2.34. The molecule has 112 valence electrons. The third-order valence-electron chi connectivity index (χ3n) is 3.40. The van der Waals surface area contributed by atoms with Crippen molar-refractivity contribution >= 4 is 17.0 Å². The van der Waals surface area contributed by atoms with Crippen LogP contribution in [0.5, 0.6) is 0 Å². The lowest BCUT2D eigenvalue weighted by molar-refractivity contribution is 0.177. The summed E-state index contributed by atoms with van der Waals surface area (Å²) < 4.78 is 52.0. The Bertz CT molecular complexity index is 864. The summed E-state index contributed by atoms with van der Waals surface area (Å²) in [7, 11) is 1.50. The molecule has 0 unspecified atom stereocenters. The van der Waals surface area contributed by atoms with Crippen LogP contribution >= 0.6 is 0 Å². The molecule has 0 aliphatic carbocycles. The normalized spacial score (nSPS) is 23.7. The van der Waals surface area contributed by atoms with Crippen molar-refractivity contribution in [1.82, 2.24) is 15.2 Å². The summed E-state index contributed by atoms with van der Waals surface area (Å²) in [5, 5.41) is 3.14. The lowest BCUT2D eigenvalue weighted by Gasteiger charge is -2.09. The van der Waals surface area contributed by atoms with Gasteiger partial charge in [0, 0.05) is 30.5 Å². The van der Waals surface area contributed by atoms with Crippen molar-refractivity contribution in [2.24, 2.45) is 0 Å². The van der Waals surface area contributed by atoms with Crippen molar-refractivity contribution in [1.29, 1.82) is 0 Å². The molecule has 2 N–H and O–H groups in total. The number of nitrogens with one attached hydrogen (secondary N) is 2. The van der Waals surface area contributed by atoms with E-state index < -0.39 is 25.5 Å². The first-order chi connectivity index (χ1) is 12.5. The zero-order valence-electron chi connectivity index (χ0n) is 17.7. The SMILES string of the molecule is [2H]c1[nH]c2ccc(C([2H])([2H])[C@H]3COC(=O)N3)cc2c1CCN(C)C([2H])([2H])[2H]. The number of hydrogen-bond donors (Lipinski definition) is 2. The van der Waals surface area contributed by atoms with Gasteiger partial charge in [-0.1, -0.05) is 6.07 Å². The molecule has 1 aliphatic rings. The Morgan fingerprint density at radius 1 is 1.62 bits per heavy atom. The zero-order chi connectivity index (χ0) is 20.0. The van der Waals surface area contributed by atoms with E-state index >= 15 is 0 Å². The second kappa shape index (κ2) is 5.77. The van der Waals surface area contributed by atoms with Gasteiger partial charge in [-0.05, 0) is 50.1 Å². The lowest BCUT2D eigenvalue weighted by Crippen LogP contribution is -2.28. The van der Waals surface area contributed by atoms with Crippen LogP contribution in [0.2, 0.25) is 0 Å². The molecule has 0 radical (unpaired) electrons. The topological polar surface area (TPSA) is 57.4 Å². The average molecular weight is 293 g/mol. The first-order valence-corrected chi connectivity index (χ1v) is 6.76. The van der Waals surface area contributed by atoms with Gasteiger partial charge in [-0.15, -0.1) is 0 Å². The van der Waals surface area contributed by atoms with E-state index in [4.69, 9.17) is 13.0 Å². The molecule has 5 heteroatoms. The van der Waals surface area contributed by atoms with Crippen molar-refractivity contribution in [2.45, 2.75) is 18.8 Å². The Labute approximate surface area is 132 Å². The number of hydrogen-bond acceptors (Lipinski definition) is 3. The molecule has 0 saturated carbocycles. The molecule has 1 fully saturated rings. The number of likely N-dealkylation sites (N-methyl/N-ethyl adjacent to an activating group) is 1. The number of fused-ring (bicyclic) bond motifs is 1. The van der Waals surface area contributed by atoms with Gasteiger partial charge >= 0.3 is 6.09 Å². The number of rotatable bonds is 5. The quantitative estimate of drug-likeness (QED) is 0.885. The standard InChI is InChI=1S/C16H21N3O2/c1-19(2)6-5-12-9-17-15-4-3-11(8-14(12)15)7-13-10-21-16(20)18-13/h3-4,8-9,13,17H,5-7,10H2,1-2H3,(H,18,20)/t13-/m0/s1/i1D3,7D2,9D. The van der Waals surface area contributed by atoms with Crippen molar-refractivity contribution in [3.63, 3.8) is 0 Å². The Morgan fingerprint density at radius 3 is 3.29 bits per heavy atom. The number of H-pyrrole nitrogens is 1. The maximum atomic E-state index is 11.3. The van der Waals surface area contributed by atoms with Crippen LogP contribution < -0.4 is 5.32 Å². The van der Waals surface area contributed by atoms with Crippen LogP contribution in [0.25, 0.3) is 10.9 Å². The van der Waals surface area contributed by atoms with Gasteiger partial charge in [-0.2, -0.15) is 0 Å². The van der Waals surface area contributed by atoms with Crippen LogP contribution in [0.1, 0.15) is 19.4 Å². The molecule has 1 aliphatic heterocycles. The highest BCUT2D eigenvalue weighted by Gasteiger charge is 2.22. The number of amides is 1. The van der Waals surface area contributed by atoms with Crippen molar-refractivity contribution in [3.8, 4) is 0 Å². The summed E-state index contributed by atoms with van der Waals surface area (Å²) in [5.74, 6) is 0. The number of carbonyl (C=O) groups is 1. The highest BCUT2D eigenvalue weighted by atomic mass is 16.6. The summed E-state index contributed by atoms with van der Waals surface area (Å²) >= 11 is 0. The molecule has 3 rings (SSSR count). The number of cyclic esters (lactones) is 1. The predicted octanol–water partition coefficient (Wildman–Crippen LogP) is 1.92. The van der Waals surface area contributed by atoms with Crippen molar-refractivity contribution in [3.05, 3.63) is 35.5 Å². The first-order valence-electron chi connectivity index (χ1n) is 9.76. The minimum absolute atomic E-state index is 0.0586. The maximum absolute atomic E-state index is 11.3. The van der Waals surface area contributed by atoms with E-state index in [1.807, 2.05) is 0 Å². The van der Waals surface area contributed by atoms with Crippen LogP contribution in [0.3, 0.4) is 0 Å². The van der Waals surface area contributed by atoms with Gasteiger partial charge in [0.05, 0.1) is 7.41 Å². The highest BCUT2D eigenvalue weighted by Crippen LogP contribution is 2.21. The minimum atomic E-state index is -2.21. The van der Waals surface area contributed by atoms with Gasteiger partial charge in [0.25, 0.3) is 0 Å². The summed E-state index contributed by atoms with van der Waals surface area (Å²) in [6.45, 7) is -2.03. The average Bonchev–Trinajstić information content (AvgIpc) is 3.14. The second-order valence-electron chi connectivity index (χ2n) is 5.10. The molecule has 1 saturated heterocycles. The van der Waals surface area contributed by atoms with E-state index in [0.717, 1.165) is 0 Å². The van der Waals surface area contributed by atoms with Gasteiger partial charge in [0.2, 0.25) is 0 Å². The smallest absolute Gasteiger partial charge is 0.407 e. The summed E-state index contributed by atoms with van der Waals surface area (Å²) in [4.78, 5) is 15.4. The van der Waals surface area contributed by atoms with Gasteiger partial charge < -0.3 is 19.9 Å². The lowest BCUT2D eigenvalue weighted by atomic mass is 10.0. The number of alkyl carbamates (subject to hydrolysis) is 1. The monoisotopic (exact) mass is 293 g/mol. The molecule has 0 bridgehead atoms. The third kappa shape index (κ3) is 3.19. The fourth-order valence-corrected chi connectivity index (χ4v) is 2.34. The largest absolute Gasteiger partial charge is 0.447 e. The van der Waals surface area contributed by atoms with Crippen molar-refractivity contribution in [2.75, 3.05) is 27.2 Å². The predicted molar refractivity (Wildman–Crippen MR) is 82.5 cm³/mol. The second-order valence-corrected chi connectivity index (χ2v) is 5.10. The van der Waals surface area contributed by atoms with E-state index in [2.05, 4.69) is 10.3 Å². The molecule has 1 amide bonds. The van der Waals surface area contributed by atoms with E-state index in [-0.39, 0.29) is 19.3 Å². The number of benzene rings is 1. The molecule has 1 aromatic carbocycles. The number of aromatic amines is 1. The Morgan fingerprint density at radius 2 is 2.52 bits per heavy atom. The van der Waals surface area contributed by atoms with Crippen LogP contribution in [0.4, 0.5) is 4.79 Å². The molecular formula is C16H21N3O2. The Balaban J connectivity index is 1.91. The number of ether oxygens (including phenoxy) is 1. The third-order valence-corrected chi connectivity index (χ3v) is 3.40. The molecule has 1 atom stereocenters. The molecule has 21 heavy (non-hydrogen) atoms. The summed E-state index contributed by atoms with van der Waals surface area (Å²) in [6.07, 6.45) is -1.98. The number of nitrogens with zero attached hydrogens (tertiary/aromatic N) is 1. The minimum Gasteiger partial charge on any atom is -0.447 e. The van der Waals surface area contributed by atoms with Crippen LogP contribution in [-0.2, 0) is 17.5 Å². The van der Waals surface area contributed by atoms with E-state index in [1.165, 1.54) is 11.9 Å². The summed E-state index contributed by atoms with van der Waals surface area (Å²) in [5.41, 5.74) is 1.67. The van der Waals surface area contributed by atoms with Crippen LogP contribution in [0, 0.1) is 0 Å². The van der Waals surface area contributed by atoms with E-state index in [9.17, 15) is 4.79 Å². The van der Waals surface area contributed by atoms with Gasteiger partial charge in [-0.3, -0.25) is 0 Å². The zero-order valence-corrected chi connectivity index (χ0v) is 11.7. The van der Waals surface area contributed by atoms with E-state index in [1.54, 1.807) is 18.2 Å². The molecule has 2 heterocycles. The number of aromatic nitrogens is 1. The molecule has 5 nitrogen and oxygen atoms in total. The van der Waals surface area contributed by atoms with E-state index in [0.29, 0.717) is 28.5 Å². The van der Waals surface area contributed by atoms with Gasteiger partial charge in [-0.25, -0.2) is 4.79 Å². The maximum Gasteiger partial charge on any atom is 0.407 e. The van der Waals surface area contributed by atoms with Crippen LogP contribution in [-0.4, -0.2) is 49.2 Å². The summed E-state index contributed by atoms with van der Waals surface area (Å²) in [6, 6.07) is 4.15. The molecule has 0 spiro atoms. The highest BCUT2D eigenvalue weighted by molar-refractivity contribution is 5.84. The Kier molecular flexibility index (Phi) is 2.32. The van der Waals surface area contributed by atoms with Gasteiger partial charge in [0.1, 0.15) is 6.61 Å². The Hall–Kier alpha value is -2.01. The van der Waals surface area contributed by atoms with Crippen molar-refractivity contribution < 1.29 is 17.8 Å². The molecule has 1 aromatic heterocycles. The number of carbonyl (C=O) groups excluding carboxylic acids is 1. The fraction of sp³-hybridized carbons (Fsp3) is 0.438. The molecular weight excluding hydrogens is 266 g/mol.